The highest BCUT2D eigenvalue weighted by Crippen LogP contribution is 2.10. The first kappa shape index (κ1) is 31.8. The quantitative estimate of drug-likeness (QED) is 0.0801. The number of aliphatic imine (C=N–C) groups is 1. The highest BCUT2D eigenvalue weighted by atomic mass is 79.9. The first-order chi connectivity index (χ1) is 15.1. The third kappa shape index (κ3) is 24.8. The van der Waals surface area contributed by atoms with Gasteiger partial charge in [-0.15, -0.1) is 0 Å². The van der Waals surface area contributed by atoms with E-state index in [1.54, 1.807) is 18.3 Å². The first-order valence-corrected chi connectivity index (χ1v) is 13.4. The summed E-state index contributed by atoms with van der Waals surface area (Å²) in [6, 6.07) is 0. The molecule has 31 heavy (non-hydrogen) atoms. The normalized spacial score (nSPS) is 10.3. The monoisotopic (exact) mass is 502 g/mol. The van der Waals surface area contributed by atoms with Crippen molar-refractivity contribution in [2.24, 2.45) is 4.99 Å². The summed E-state index contributed by atoms with van der Waals surface area (Å²) < 4.78 is 0. The molecule has 0 aliphatic rings. The summed E-state index contributed by atoms with van der Waals surface area (Å²) >= 11 is 2.94. The average Bonchev–Trinajstić information content (AvgIpc) is 2.80. The van der Waals surface area contributed by atoms with Gasteiger partial charge in [-0.3, -0.25) is 14.6 Å². The molecule has 0 aromatic carbocycles. The zero-order valence-electron chi connectivity index (χ0n) is 20.3. The van der Waals surface area contributed by atoms with Gasteiger partial charge in [-0.2, -0.15) is 0 Å². The van der Waals surface area contributed by atoms with Gasteiger partial charge in [0.1, 0.15) is 0 Å². The van der Waals surface area contributed by atoms with Gasteiger partial charge in [0.2, 0.25) is 11.8 Å². The van der Waals surface area contributed by atoms with Gasteiger partial charge in [0.05, 0.1) is 6.34 Å². The second-order valence-corrected chi connectivity index (χ2v) is 7.59. The third-order valence-corrected chi connectivity index (χ3v) is 4.89. The van der Waals surface area contributed by atoms with Crippen molar-refractivity contribution in [1.82, 2.24) is 15.5 Å². The molecule has 0 fully saturated rings. The van der Waals surface area contributed by atoms with Gasteiger partial charge in [-0.1, -0.05) is 87.2 Å². The molecule has 6 nitrogen and oxygen atoms in total. The Hall–Kier alpha value is -1.37. The van der Waals surface area contributed by atoms with Crippen LogP contribution < -0.4 is 10.6 Å². The minimum Gasteiger partial charge on any atom is -0.376 e. The molecule has 0 aliphatic carbocycles. The van der Waals surface area contributed by atoms with E-state index in [2.05, 4.69) is 45.1 Å². The van der Waals surface area contributed by atoms with Crippen molar-refractivity contribution in [1.29, 1.82) is 0 Å². The Morgan fingerprint density at radius 3 is 2.10 bits per heavy atom. The summed E-state index contributed by atoms with van der Waals surface area (Å²) in [6.45, 7) is 8.28. The van der Waals surface area contributed by atoms with E-state index in [0.29, 0.717) is 26.1 Å². The highest BCUT2D eigenvalue weighted by molar-refractivity contribution is 9.08. The molecule has 182 valence electrons. The lowest BCUT2D eigenvalue weighted by molar-refractivity contribution is -0.129. The second-order valence-electron chi connectivity index (χ2n) is 7.59. The second kappa shape index (κ2) is 26.7. The van der Waals surface area contributed by atoms with E-state index in [1.807, 2.05) is 5.83 Å². The van der Waals surface area contributed by atoms with E-state index in [1.165, 1.54) is 63.9 Å². The maximum absolute atomic E-state index is 12.0. The fraction of sp³-hybridized carbons (Fsp3) is 0.792. The molecule has 0 aromatic rings. The summed E-state index contributed by atoms with van der Waals surface area (Å²) in [5, 5.41) is 5.79. The topological polar surface area (TPSA) is 73.8 Å². The van der Waals surface area contributed by atoms with Crippen LogP contribution in [0.5, 0.6) is 0 Å². The number of rotatable bonds is 20. The Kier molecular flexibility index (Phi) is 27.4. The maximum atomic E-state index is 12.0. The predicted octanol–water partition coefficient (Wildman–Crippen LogP) is 5.08. The summed E-state index contributed by atoms with van der Waals surface area (Å²) in [7, 11) is 1.79. The van der Waals surface area contributed by atoms with Gasteiger partial charge in [0.15, 0.2) is 0 Å². The van der Waals surface area contributed by atoms with Crippen LogP contribution in [0.25, 0.3) is 0 Å². The van der Waals surface area contributed by atoms with Crippen LogP contribution in [0.2, 0.25) is 0 Å². The predicted molar refractivity (Wildman–Crippen MR) is 138 cm³/mol. The molecule has 7 heteroatoms. The molecule has 2 N–H and O–H groups in total. The van der Waals surface area contributed by atoms with E-state index in [9.17, 15) is 9.59 Å². The van der Waals surface area contributed by atoms with Crippen molar-refractivity contribution in [3.05, 3.63) is 12.7 Å². The number of nitrogens with zero attached hydrogens (tertiary/aromatic N) is 2. The van der Waals surface area contributed by atoms with Crippen molar-refractivity contribution in [3.8, 4) is 0 Å². The minimum atomic E-state index is -0.180. The number of halogens is 1. The van der Waals surface area contributed by atoms with Crippen LogP contribution in [-0.2, 0) is 9.59 Å². The molecule has 0 aromatic heterocycles. The molecule has 2 amide bonds. The zero-order chi connectivity index (χ0) is 23.6. The summed E-state index contributed by atoms with van der Waals surface area (Å²) in [6.07, 6.45) is 17.5. The Bertz CT molecular complexity index is 459. The smallest absolute Gasteiger partial charge is 0.243 e. The van der Waals surface area contributed by atoms with Gasteiger partial charge in [-0.25, -0.2) is 0 Å². The van der Waals surface area contributed by atoms with E-state index >= 15 is 0 Å². The van der Waals surface area contributed by atoms with Crippen LogP contribution in [0.3, 0.4) is 0 Å². The molecular formula is C24H47BrN4O2. The number of carbonyl (C=O) groups excluding carboxylic acids is 2. The Morgan fingerprint density at radius 2 is 1.52 bits per heavy atom. The lowest BCUT2D eigenvalue weighted by Gasteiger charge is -2.17. The van der Waals surface area contributed by atoms with Crippen LogP contribution in [-0.4, -0.2) is 62.1 Å². The van der Waals surface area contributed by atoms with Crippen LogP contribution in [0.1, 0.15) is 84.0 Å². The minimum absolute atomic E-state index is 0.0932. The molecular weight excluding hydrogens is 456 g/mol. The standard InChI is InChI=1S/C23H44N4O2.CH3Br/c1-4-6-7-8-9-10-11-12-13-14-17-24-21-25-19-16-23(29)27(3)20-15-18-26-22(28)5-2;1-2/h5,21H,2,4,6-20H2,1,3H3,(H,24,25)(H,26,28);1H3. The summed E-state index contributed by atoms with van der Waals surface area (Å²) in [5.74, 6) is 1.73. The first-order valence-electron chi connectivity index (χ1n) is 11.9. The Balaban J connectivity index is 0. The summed E-state index contributed by atoms with van der Waals surface area (Å²) in [4.78, 5) is 29.1. The van der Waals surface area contributed by atoms with Crippen molar-refractivity contribution >= 4 is 34.1 Å². The molecule has 0 rings (SSSR count). The fourth-order valence-electron chi connectivity index (χ4n) is 2.98. The zero-order valence-corrected chi connectivity index (χ0v) is 21.9. The number of hydrogen-bond donors (Lipinski definition) is 2. The largest absolute Gasteiger partial charge is 0.376 e. The number of nitrogens with one attached hydrogen (secondary N) is 2. The molecule has 0 unspecified atom stereocenters. The van der Waals surface area contributed by atoms with Gasteiger partial charge in [-0.05, 0) is 24.8 Å². The Morgan fingerprint density at radius 1 is 0.935 bits per heavy atom. The maximum Gasteiger partial charge on any atom is 0.243 e. The van der Waals surface area contributed by atoms with Gasteiger partial charge >= 0.3 is 0 Å². The average molecular weight is 504 g/mol. The highest BCUT2D eigenvalue weighted by Gasteiger charge is 2.07. The number of carbonyl (C=O) groups is 2. The van der Waals surface area contributed by atoms with E-state index in [4.69, 9.17) is 0 Å². The van der Waals surface area contributed by atoms with Crippen molar-refractivity contribution in [3.63, 3.8) is 0 Å². The number of alkyl halides is 1. The van der Waals surface area contributed by atoms with Gasteiger partial charge in [0, 0.05) is 39.6 Å². The molecule has 0 atom stereocenters. The molecule has 0 saturated heterocycles. The lowest BCUT2D eigenvalue weighted by atomic mass is 10.1. The molecule has 0 bridgehead atoms. The summed E-state index contributed by atoms with van der Waals surface area (Å²) in [5.41, 5.74) is 0. The van der Waals surface area contributed by atoms with Crippen molar-refractivity contribution in [2.45, 2.75) is 84.0 Å². The third-order valence-electron chi connectivity index (χ3n) is 4.89. The van der Waals surface area contributed by atoms with Gasteiger partial charge < -0.3 is 15.5 Å². The van der Waals surface area contributed by atoms with E-state index in [-0.39, 0.29) is 11.8 Å². The molecule has 0 heterocycles. The fourth-order valence-corrected chi connectivity index (χ4v) is 2.98. The number of hydrogen-bond acceptors (Lipinski definition) is 3. The van der Waals surface area contributed by atoms with Crippen LogP contribution in [0, 0.1) is 0 Å². The van der Waals surface area contributed by atoms with Crippen LogP contribution in [0.15, 0.2) is 17.6 Å². The molecule has 0 spiro atoms. The van der Waals surface area contributed by atoms with Crippen molar-refractivity contribution < 1.29 is 9.59 Å². The molecule has 0 radical (unpaired) electrons. The van der Waals surface area contributed by atoms with Gasteiger partial charge in [0.25, 0.3) is 0 Å². The SMILES string of the molecule is C=CC(=O)NCCCN(C)C(=O)CCNC=NCCCCCCCCCCCC.CBr. The van der Waals surface area contributed by atoms with Crippen LogP contribution in [0.4, 0.5) is 0 Å². The molecule has 0 saturated carbocycles. The Labute approximate surface area is 199 Å². The molecule has 0 aliphatic heterocycles. The number of unbranched alkanes of at least 4 members (excludes halogenated alkanes) is 9. The lowest BCUT2D eigenvalue weighted by Crippen LogP contribution is -2.32. The van der Waals surface area contributed by atoms with Crippen LogP contribution >= 0.6 is 15.9 Å². The van der Waals surface area contributed by atoms with E-state index < -0.39 is 0 Å². The van der Waals surface area contributed by atoms with Crippen molar-refractivity contribution in [2.75, 3.05) is 39.1 Å². The van der Waals surface area contributed by atoms with E-state index in [0.717, 1.165) is 19.4 Å². The number of amides is 2.